The minimum Gasteiger partial charge on any atom is -0.490 e. The van der Waals surface area contributed by atoms with Crippen LogP contribution < -0.4 is 19.5 Å². The van der Waals surface area contributed by atoms with E-state index in [1.165, 1.54) is 6.42 Å². The van der Waals surface area contributed by atoms with Crippen molar-refractivity contribution in [2.45, 2.75) is 47.0 Å². The molecule has 0 heterocycles. The van der Waals surface area contributed by atoms with Crippen molar-refractivity contribution in [1.29, 1.82) is 0 Å². The van der Waals surface area contributed by atoms with Gasteiger partial charge < -0.3 is 19.5 Å². The van der Waals surface area contributed by atoms with Crippen molar-refractivity contribution in [2.24, 2.45) is 5.92 Å². The Bertz CT molecular complexity index is 744. The molecule has 0 saturated carbocycles. The molecular weight excluding hydrogens is 342 g/mol. The molecule has 5 heteroatoms. The third kappa shape index (κ3) is 5.78. The summed E-state index contributed by atoms with van der Waals surface area (Å²) in [5.74, 6) is 2.15. The number of fused-ring (bicyclic) bond motifs is 1. The Morgan fingerprint density at radius 1 is 1.04 bits per heavy atom. The Kier molecular flexibility index (Phi) is 8.24. The van der Waals surface area contributed by atoms with Crippen LogP contribution in [0.25, 0.3) is 10.8 Å². The average molecular weight is 373 g/mol. The molecule has 2 aromatic rings. The molecule has 5 nitrogen and oxygen atoms in total. The van der Waals surface area contributed by atoms with Crippen LogP contribution in [-0.4, -0.2) is 25.9 Å². The summed E-state index contributed by atoms with van der Waals surface area (Å²) in [7, 11) is 0. The summed E-state index contributed by atoms with van der Waals surface area (Å²) in [5.41, 5.74) is 0. The van der Waals surface area contributed by atoms with E-state index >= 15 is 0 Å². The molecule has 0 aliphatic carbocycles. The summed E-state index contributed by atoms with van der Waals surface area (Å²) in [5, 5.41) is 4.55. The fourth-order valence-electron chi connectivity index (χ4n) is 2.98. The van der Waals surface area contributed by atoms with Gasteiger partial charge in [0.1, 0.15) is 5.75 Å². The van der Waals surface area contributed by atoms with Gasteiger partial charge in [-0.05, 0) is 26.2 Å². The summed E-state index contributed by atoms with van der Waals surface area (Å²) in [6, 6.07) is 9.44. The second-order valence-corrected chi connectivity index (χ2v) is 6.63. The Balaban J connectivity index is 2.22. The van der Waals surface area contributed by atoms with Gasteiger partial charge in [0.2, 0.25) is 0 Å². The van der Waals surface area contributed by atoms with Crippen molar-refractivity contribution in [2.75, 3.05) is 19.8 Å². The monoisotopic (exact) mass is 373 g/mol. The Morgan fingerprint density at radius 2 is 1.74 bits per heavy atom. The van der Waals surface area contributed by atoms with Gasteiger partial charge in [-0.15, -0.1) is 0 Å². The van der Waals surface area contributed by atoms with Gasteiger partial charge >= 0.3 is 6.09 Å². The molecule has 0 bridgehead atoms. The van der Waals surface area contributed by atoms with Crippen LogP contribution in [0.2, 0.25) is 0 Å². The molecule has 1 N–H and O–H groups in total. The van der Waals surface area contributed by atoms with Gasteiger partial charge in [-0.1, -0.05) is 51.0 Å². The van der Waals surface area contributed by atoms with Crippen molar-refractivity contribution in [3.63, 3.8) is 0 Å². The quantitative estimate of drug-likeness (QED) is 0.593. The van der Waals surface area contributed by atoms with Crippen LogP contribution in [0.1, 0.15) is 47.0 Å². The third-order valence-electron chi connectivity index (χ3n) is 4.36. The van der Waals surface area contributed by atoms with Gasteiger partial charge in [0, 0.05) is 23.4 Å². The molecule has 1 unspecified atom stereocenters. The van der Waals surface area contributed by atoms with E-state index in [1.807, 2.05) is 38.1 Å². The van der Waals surface area contributed by atoms with Crippen LogP contribution in [0, 0.1) is 5.92 Å². The van der Waals surface area contributed by atoms with E-state index in [-0.39, 0.29) is 0 Å². The zero-order chi connectivity index (χ0) is 19.6. The van der Waals surface area contributed by atoms with E-state index in [1.54, 1.807) is 6.07 Å². The van der Waals surface area contributed by atoms with E-state index in [0.717, 1.165) is 23.6 Å². The van der Waals surface area contributed by atoms with Gasteiger partial charge in [-0.25, -0.2) is 4.79 Å². The molecule has 2 rings (SSSR count). The lowest BCUT2D eigenvalue weighted by atomic mass is 10.1. The van der Waals surface area contributed by atoms with E-state index in [2.05, 4.69) is 19.2 Å². The molecule has 0 fully saturated rings. The fraction of sp³-hybridized carbons (Fsp3) is 0.500. The van der Waals surface area contributed by atoms with E-state index in [0.29, 0.717) is 42.9 Å². The molecule has 27 heavy (non-hydrogen) atoms. The first-order valence-corrected chi connectivity index (χ1v) is 9.87. The number of carbonyl (C=O) groups is 1. The molecule has 2 aromatic carbocycles. The number of hydrogen-bond donors (Lipinski definition) is 1. The van der Waals surface area contributed by atoms with Crippen LogP contribution in [0.15, 0.2) is 30.3 Å². The molecule has 1 atom stereocenters. The van der Waals surface area contributed by atoms with Crippen LogP contribution in [0.5, 0.6) is 17.2 Å². The third-order valence-corrected chi connectivity index (χ3v) is 4.36. The molecule has 0 spiro atoms. The van der Waals surface area contributed by atoms with Gasteiger partial charge in [-0.2, -0.15) is 0 Å². The summed E-state index contributed by atoms with van der Waals surface area (Å²) in [4.78, 5) is 12.3. The predicted octanol–water partition coefficient (Wildman–Crippen LogP) is 5.55. The summed E-state index contributed by atoms with van der Waals surface area (Å²) in [6.07, 6.45) is 2.97. The SMILES string of the molecule is CCCCC(C)CNC(=O)Oc1cc(OCC)c(OCC)c2ccccc12. The highest BCUT2D eigenvalue weighted by molar-refractivity contribution is 5.96. The summed E-state index contributed by atoms with van der Waals surface area (Å²) in [6.45, 7) is 9.78. The second-order valence-electron chi connectivity index (χ2n) is 6.63. The Morgan fingerprint density at radius 3 is 2.41 bits per heavy atom. The number of amides is 1. The van der Waals surface area contributed by atoms with E-state index < -0.39 is 6.09 Å². The summed E-state index contributed by atoms with van der Waals surface area (Å²) < 4.78 is 17.1. The summed E-state index contributed by atoms with van der Waals surface area (Å²) >= 11 is 0. The second kappa shape index (κ2) is 10.7. The topological polar surface area (TPSA) is 56.8 Å². The molecule has 0 aromatic heterocycles. The van der Waals surface area contributed by atoms with Gasteiger partial charge in [0.05, 0.1) is 13.2 Å². The fourth-order valence-corrected chi connectivity index (χ4v) is 2.98. The van der Waals surface area contributed by atoms with Crippen molar-refractivity contribution in [3.05, 3.63) is 30.3 Å². The Hall–Kier alpha value is -2.43. The molecule has 1 amide bonds. The lowest BCUT2D eigenvalue weighted by Gasteiger charge is -2.17. The largest absolute Gasteiger partial charge is 0.490 e. The number of unbranched alkanes of at least 4 members (excludes halogenated alkanes) is 1. The van der Waals surface area contributed by atoms with Gasteiger partial charge in [0.15, 0.2) is 11.5 Å². The van der Waals surface area contributed by atoms with Crippen LogP contribution in [0.4, 0.5) is 4.79 Å². The zero-order valence-electron chi connectivity index (χ0n) is 16.8. The van der Waals surface area contributed by atoms with Gasteiger partial charge in [-0.3, -0.25) is 0 Å². The molecule has 148 valence electrons. The maximum absolute atomic E-state index is 12.3. The van der Waals surface area contributed by atoms with Crippen molar-refractivity contribution in [1.82, 2.24) is 5.32 Å². The highest BCUT2D eigenvalue weighted by atomic mass is 16.6. The zero-order valence-corrected chi connectivity index (χ0v) is 16.8. The maximum Gasteiger partial charge on any atom is 0.412 e. The van der Waals surface area contributed by atoms with E-state index in [9.17, 15) is 4.79 Å². The molecule has 0 radical (unpaired) electrons. The number of carbonyl (C=O) groups excluding carboxylic acids is 1. The van der Waals surface area contributed by atoms with Crippen LogP contribution in [0.3, 0.4) is 0 Å². The Labute approximate surface area is 162 Å². The smallest absolute Gasteiger partial charge is 0.412 e. The van der Waals surface area contributed by atoms with Crippen molar-refractivity contribution in [3.8, 4) is 17.2 Å². The van der Waals surface area contributed by atoms with Crippen LogP contribution >= 0.6 is 0 Å². The predicted molar refractivity (Wildman–Crippen MR) is 109 cm³/mol. The molecule has 0 saturated heterocycles. The molecule has 0 aliphatic heterocycles. The van der Waals surface area contributed by atoms with Crippen molar-refractivity contribution >= 4 is 16.9 Å². The van der Waals surface area contributed by atoms with Crippen molar-refractivity contribution < 1.29 is 19.0 Å². The van der Waals surface area contributed by atoms with Crippen LogP contribution in [-0.2, 0) is 0 Å². The first-order chi connectivity index (χ1) is 13.1. The number of hydrogen-bond acceptors (Lipinski definition) is 4. The number of ether oxygens (including phenoxy) is 3. The lowest BCUT2D eigenvalue weighted by Crippen LogP contribution is -2.31. The number of nitrogens with one attached hydrogen (secondary N) is 1. The van der Waals surface area contributed by atoms with Gasteiger partial charge in [0.25, 0.3) is 0 Å². The minimum atomic E-state index is -0.449. The average Bonchev–Trinajstić information content (AvgIpc) is 2.67. The normalized spacial score (nSPS) is 11.9. The number of benzene rings is 2. The first-order valence-electron chi connectivity index (χ1n) is 9.87. The first kappa shape index (κ1) is 20.9. The standard InChI is InChI=1S/C22H31NO4/c1-5-8-11-16(4)15-23-22(24)27-19-14-20(25-6-2)21(26-7-3)18-13-10-9-12-17(18)19/h9-10,12-14,16H,5-8,11,15H2,1-4H3,(H,23,24). The van der Waals surface area contributed by atoms with E-state index in [4.69, 9.17) is 14.2 Å². The maximum atomic E-state index is 12.3. The molecular formula is C22H31NO4. The lowest BCUT2D eigenvalue weighted by molar-refractivity contribution is 0.198. The highest BCUT2D eigenvalue weighted by Crippen LogP contribution is 2.41. The molecule has 0 aliphatic rings. The highest BCUT2D eigenvalue weighted by Gasteiger charge is 2.17. The number of rotatable bonds is 10. The minimum absolute atomic E-state index is 0.425.